The topological polar surface area (TPSA) is 85.2 Å². The number of alkyl halides is 3. The van der Waals surface area contributed by atoms with Gasteiger partial charge in [0.2, 0.25) is 5.91 Å². The molecule has 10 heteroatoms. The molecule has 2 heterocycles. The van der Waals surface area contributed by atoms with Gasteiger partial charge in [-0.25, -0.2) is 0 Å². The highest BCUT2D eigenvalue weighted by atomic mass is 19.4. The normalized spacial score (nSPS) is 11.4. The van der Waals surface area contributed by atoms with Crippen molar-refractivity contribution in [1.82, 2.24) is 14.9 Å². The number of benzene rings is 3. The zero-order valence-corrected chi connectivity index (χ0v) is 22.4. The maximum absolute atomic E-state index is 13.3. The summed E-state index contributed by atoms with van der Waals surface area (Å²) in [6.07, 6.45) is -1.18. The van der Waals surface area contributed by atoms with Crippen LogP contribution >= 0.6 is 0 Å². The van der Waals surface area contributed by atoms with Crippen LogP contribution in [0.25, 0.3) is 10.9 Å². The minimum Gasteiger partial charge on any atom is -0.367 e. The van der Waals surface area contributed by atoms with Gasteiger partial charge in [0.05, 0.1) is 12.2 Å². The second-order valence-corrected chi connectivity index (χ2v) is 9.65. The number of nitrogens with zero attached hydrogens (tertiary/aromatic N) is 2. The molecule has 7 nitrogen and oxygen atoms in total. The molecule has 0 aliphatic heterocycles. The van der Waals surface area contributed by atoms with Crippen LogP contribution in [-0.2, 0) is 35.4 Å². The van der Waals surface area contributed by atoms with Gasteiger partial charge < -0.3 is 19.9 Å². The molecule has 5 aromatic rings. The fourth-order valence-electron chi connectivity index (χ4n) is 4.50. The number of ether oxygens (including phenoxy) is 1. The van der Waals surface area contributed by atoms with Gasteiger partial charge in [0, 0.05) is 42.1 Å². The zero-order chi connectivity index (χ0) is 29.5. The molecule has 42 heavy (non-hydrogen) atoms. The number of fused-ring (bicyclic) bond motifs is 1. The number of nitrogens with one attached hydrogen (secondary N) is 2. The molecule has 0 radical (unpaired) electrons. The number of carbonyl (C=O) groups is 2. The Morgan fingerprint density at radius 2 is 1.57 bits per heavy atom. The molecule has 0 fully saturated rings. The first-order valence-electron chi connectivity index (χ1n) is 13.1. The minimum absolute atomic E-state index is 0.134. The fraction of sp³-hybridized carbons (Fsp3) is 0.156. The highest BCUT2D eigenvalue weighted by Gasteiger charge is 2.30. The van der Waals surface area contributed by atoms with Gasteiger partial charge in [-0.05, 0) is 65.2 Å². The van der Waals surface area contributed by atoms with E-state index >= 15 is 0 Å². The Bertz CT molecular complexity index is 1670. The number of carbonyl (C=O) groups excluding carboxylic acids is 2. The van der Waals surface area contributed by atoms with E-state index in [4.69, 9.17) is 4.74 Å². The Morgan fingerprint density at radius 3 is 2.29 bits per heavy atom. The average molecular weight is 573 g/mol. The van der Waals surface area contributed by atoms with Crippen molar-refractivity contribution in [2.75, 3.05) is 11.9 Å². The Kier molecular flexibility index (Phi) is 8.63. The number of halogens is 3. The van der Waals surface area contributed by atoms with Crippen molar-refractivity contribution in [2.24, 2.45) is 0 Å². The molecule has 2 aromatic heterocycles. The molecule has 2 N–H and O–H groups in total. The van der Waals surface area contributed by atoms with Gasteiger partial charge >= 0.3 is 6.18 Å². The second-order valence-electron chi connectivity index (χ2n) is 9.65. The molecule has 0 unspecified atom stereocenters. The van der Waals surface area contributed by atoms with Gasteiger partial charge in [0.15, 0.2) is 0 Å². The predicted molar refractivity (Wildman–Crippen MR) is 153 cm³/mol. The number of anilines is 1. The van der Waals surface area contributed by atoms with E-state index in [-0.39, 0.29) is 31.5 Å². The highest BCUT2D eigenvalue weighted by molar-refractivity contribution is 6.00. The monoisotopic (exact) mass is 572 g/mol. The van der Waals surface area contributed by atoms with Crippen molar-refractivity contribution in [1.29, 1.82) is 0 Å². The van der Waals surface area contributed by atoms with Gasteiger partial charge in [0.25, 0.3) is 5.91 Å². The first-order chi connectivity index (χ1) is 20.3. The number of pyridine rings is 1. The maximum Gasteiger partial charge on any atom is 0.416 e. The van der Waals surface area contributed by atoms with Crippen molar-refractivity contribution >= 4 is 28.4 Å². The third kappa shape index (κ3) is 7.21. The fourth-order valence-corrected chi connectivity index (χ4v) is 4.50. The van der Waals surface area contributed by atoms with Crippen LogP contribution in [0.3, 0.4) is 0 Å². The third-order valence-corrected chi connectivity index (χ3v) is 6.59. The Hall–Kier alpha value is -4.96. The minimum atomic E-state index is -4.44. The molecular weight excluding hydrogens is 545 g/mol. The first kappa shape index (κ1) is 28.6. The summed E-state index contributed by atoms with van der Waals surface area (Å²) in [7, 11) is 0. The lowest BCUT2D eigenvalue weighted by Gasteiger charge is -2.13. The summed E-state index contributed by atoms with van der Waals surface area (Å²) in [5.41, 5.74) is 3.20. The van der Waals surface area contributed by atoms with E-state index in [0.717, 1.165) is 23.3 Å². The lowest BCUT2D eigenvalue weighted by Crippen LogP contribution is -2.25. The average Bonchev–Trinajstić information content (AvgIpc) is 3.34. The third-order valence-electron chi connectivity index (χ3n) is 6.59. The van der Waals surface area contributed by atoms with Gasteiger partial charge in [-0.2, -0.15) is 13.2 Å². The van der Waals surface area contributed by atoms with Crippen LogP contribution in [0, 0.1) is 0 Å². The quantitative estimate of drug-likeness (QED) is 0.209. The van der Waals surface area contributed by atoms with Crippen LogP contribution in [0.1, 0.15) is 32.7 Å². The van der Waals surface area contributed by atoms with Crippen LogP contribution in [0.15, 0.2) is 103 Å². The van der Waals surface area contributed by atoms with Crippen molar-refractivity contribution in [3.05, 3.63) is 131 Å². The SMILES string of the molecule is O=C(COCc1ccccc1)Nc1ccc2c(c1)cc(C(=O)NCc1ccncc1)n2Cc1ccc(C(F)(F)F)cc1. The molecule has 0 bridgehead atoms. The molecule has 0 saturated carbocycles. The lowest BCUT2D eigenvalue weighted by molar-refractivity contribution is -0.137. The van der Waals surface area contributed by atoms with Crippen LogP contribution < -0.4 is 10.6 Å². The number of aromatic nitrogens is 2. The van der Waals surface area contributed by atoms with E-state index in [2.05, 4.69) is 15.6 Å². The molecule has 0 aliphatic rings. The molecular formula is C32H27F3N4O3. The first-order valence-corrected chi connectivity index (χ1v) is 13.1. The molecule has 3 aromatic carbocycles. The summed E-state index contributed by atoms with van der Waals surface area (Å²) < 4.78 is 46.5. The molecule has 0 aliphatic carbocycles. The van der Waals surface area contributed by atoms with Crippen LogP contribution in [0.2, 0.25) is 0 Å². The largest absolute Gasteiger partial charge is 0.416 e. The summed E-state index contributed by atoms with van der Waals surface area (Å²) in [5.74, 6) is -0.681. The Balaban J connectivity index is 1.35. The summed E-state index contributed by atoms with van der Waals surface area (Å²) in [5, 5.41) is 6.38. The smallest absolute Gasteiger partial charge is 0.367 e. The van der Waals surface area contributed by atoms with Crippen LogP contribution in [0.4, 0.5) is 18.9 Å². The van der Waals surface area contributed by atoms with E-state index in [0.29, 0.717) is 34.5 Å². The standard InChI is InChI=1S/C32H27F3N4O3/c33-32(34,35)26-8-6-23(7-9-26)19-39-28-11-10-27(38-30(40)21-42-20-24-4-2-1-3-5-24)16-25(28)17-29(39)31(41)37-18-22-12-14-36-15-13-22/h1-17H,18-21H2,(H,37,41)(H,38,40). The maximum atomic E-state index is 13.3. The summed E-state index contributed by atoms with van der Waals surface area (Å²) in [4.78, 5) is 29.8. The van der Waals surface area contributed by atoms with Crippen molar-refractivity contribution in [2.45, 2.75) is 25.9 Å². The molecule has 214 valence electrons. The van der Waals surface area contributed by atoms with Gasteiger partial charge in [-0.1, -0.05) is 42.5 Å². The summed E-state index contributed by atoms with van der Waals surface area (Å²) >= 11 is 0. The van der Waals surface area contributed by atoms with Gasteiger partial charge in [0.1, 0.15) is 12.3 Å². The Labute approximate surface area is 240 Å². The highest BCUT2D eigenvalue weighted by Crippen LogP contribution is 2.30. The number of amides is 2. The van der Waals surface area contributed by atoms with Crippen molar-refractivity contribution < 1.29 is 27.5 Å². The summed E-state index contributed by atoms with van der Waals surface area (Å²) in [6.45, 7) is 0.606. The van der Waals surface area contributed by atoms with E-state index in [1.54, 1.807) is 53.4 Å². The van der Waals surface area contributed by atoms with E-state index in [1.165, 1.54) is 12.1 Å². The van der Waals surface area contributed by atoms with Crippen molar-refractivity contribution in [3.63, 3.8) is 0 Å². The molecule has 0 atom stereocenters. The lowest BCUT2D eigenvalue weighted by atomic mass is 10.1. The van der Waals surface area contributed by atoms with E-state index < -0.39 is 11.7 Å². The number of rotatable bonds is 10. The van der Waals surface area contributed by atoms with Crippen molar-refractivity contribution in [3.8, 4) is 0 Å². The van der Waals surface area contributed by atoms with Crippen LogP contribution in [0.5, 0.6) is 0 Å². The second kappa shape index (κ2) is 12.7. The van der Waals surface area contributed by atoms with E-state index in [1.807, 2.05) is 30.3 Å². The molecule has 2 amide bonds. The molecule has 0 spiro atoms. The van der Waals surface area contributed by atoms with E-state index in [9.17, 15) is 22.8 Å². The van der Waals surface area contributed by atoms with Crippen LogP contribution in [-0.4, -0.2) is 28.0 Å². The predicted octanol–water partition coefficient (Wildman–Crippen LogP) is 6.19. The number of hydrogen-bond acceptors (Lipinski definition) is 4. The number of hydrogen-bond donors (Lipinski definition) is 2. The van der Waals surface area contributed by atoms with Gasteiger partial charge in [-0.3, -0.25) is 14.6 Å². The zero-order valence-electron chi connectivity index (χ0n) is 22.4. The molecule has 0 saturated heterocycles. The molecule has 5 rings (SSSR count). The summed E-state index contributed by atoms with van der Waals surface area (Å²) in [6, 6.07) is 24.8. The Morgan fingerprint density at radius 1 is 0.833 bits per heavy atom. The van der Waals surface area contributed by atoms with Gasteiger partial charge in [-0.15, -0.1) is 0 Å².